The molecule has 23 heavy (non-hydrogen) atoms. The van der Waals surface area contributed by atoms with Crippen LogP contribution in [0.3, 0.4) is 0 Å². The van der Waals surface area contributed by atoms with Crippen LogP contribution in [0, 0.1) is 34.5 Å². The molecule has 0 aromatic heterocycles. The second kappa shape index (κ2) is 5.15. The van der Waals surface area contributed by atoms with Crippen LogP contribution in [0.25, 0.3) is 0 Å². The Labute approximate surface area is 146 Å². The van der Waals surface area contributed by atoms with Gasteiger partial charge in [-0.25, -0.2) is 0 Å². The van der Waals surface area contributed by atoms with E-state index in [1.165, 1.54) is 0 Å². The van der Waals surface area contributed by atoms with Gasteiger partial charge < -0.3 is 10.2 Å². The fourth-order valence-electron chi connectivity index (χ4n) is 6.51. The highest BCUT2D eigenvalue weighted by Crippen LogP contribution is 2.64. The number of allylic oxidation sites excluding steroid dienone is 1. The van der Waals surface area contributed by atoms with Gasteiger partial charge in [0.1, 0.15) is 0 Å². The van der Waals surface area contributed by atoms with Gasteiger partial charge in [0, 0.05) is 5.41 Å². The monoisotopic (exact) mass is 382 g/mol. The lowest BCUT2D eigenvalue weighted by molar-refractivity contribution is -0.150. The fraction of sp³-hybridized carbons (Fsp3) is 0.842. The van der Waals surface area contributed by atoms with Crippen molar-refractivity contribution in [3.8, 4) is 0 Å². The number of rotatable bonds is 0. The van der Waals surface area contributed by atoms with E-state index in [1.54, 1.807) is 0 Å². The van der Waals surface area contributed by atoms with Gasteiger partial charge in [0.2, 0.25) is 0 Å². The second-order valence-electron chi connectivity index (χ2n) is 8.84. The molecule has 4 aliphatic rings. The van der Waals surface area contributed by atoms with Crippen molar-refractivity contribution >= 4 is 21.7 Å². The Kier molecular flexibility index (Phi) is 3.65. The van der Waals surface area contributed by atoms with Crippen molar-refractivity contribution in [3.05, 3.63) is 12.2 Å². The van der Waals surface area contributed by atoms with Crippen LogP contribution in [0.4, 0.5) is 0 Å². The molecule has 0 saturated heterocycles. The van der Waals surface area contributed by atoms with E-state index in [0.717, 1.165) is 32.1 Å². The van der Waals surface area contributed by atoms with Crippen molar-refractivity contribution in [2.24, 2.45) is 34.5 Å². The Balaban J connectivity index is 1.73. The van der Waals surface area contributed by atoms with Crippen molar-refractivity contribution in [3.63, 3.8) is 0 Å². The molecule has 2 N–H and O–H groups in total. The molecule has 3 nitrogen and oxygen atoms in total. The number of halogens is 1. The van der Waals surface area contributed by atoms with Gasteiger partial charge in [0.25, 0.3) is 0 Å². The first kappa shape index (κ1) is 16.3. The zero-order valence-corrected chi connectivity index (χ0v) is 15.5. The molecule has 4 rings (SSSR count). The van der Waals surface area contributed by atoms with E-state index in [2.05, 4.69) is 35.9 Å². The second-order valence-corrected chi connectivity index (χ2v) is 9.95. The van der Waals surface area contributed by atoms with Gasteiger partial charge in [-0.15, -0.1) is 0 Å². The maximum atomic E-state index is 12.7. The quantitative estimate of drug-likeness (QED) is 0.499. The van der Waals surface area contributed by atoms with Crippen LogP contribution in [-0.2, 0) is 4.79 Å². The van der Waals surface area contributed by atoms with Gasteiger partial charge in [-0.3, -0.25) is 4.79 Å². The maximum absolute atomic E-state index is 12.7. The van der Waals surface area contributed by atoms with Gasteiger partial charge >= 0.3 is 0 Å². The van der Waals surface area contributed by atoms with E-state index in [4.69, 9.17) is 0 Å². The fourth-order valence-corrected chi connectivity index (χ4v) is 7.44. The van der Waals surface area contributed by atoms with E-state index in [0.29, 0.717) is 17.6 Å². The highest BCUT2D eigenvalue weighted by Gasteiger charge is 2.63. The summed E-state index contributed by atoms with van der Waals surface area (Å²) in [5.41, 5.74) is -0.213. The Morgan fingerprint density at radius 3 is 2.65 bits per heavy atom. The van der Waals surface area contributed by atoms with Crippen LogP contribution >= 0.6 is 15.9 Å². The molecule has 4 aliphatic carbocycles. The number of aliphatic hydroxyl groups excluding tert-OH is 2. The van der Waals surface area contributed by atoms with E-state index in [9.17, 15) is 15.0 Å². The summed E-state index contributed by atoms with van der Waals surface area (Å²) in [4.78, 5) is 12.6. The highest BCUT2D eigenvalue weighted by molar-refractivity contribution is 9.10. The molecule has 0 heterocycles. The summed E-state index contributed by atoms with van der Waals surface area (Å²) in [6.07, 6.45) is 7.78. The minimum Gasteiger partial charge on any atom is -0.393 e. The normalized spacial score (nSPS) is 58.5. The number of carbonyl (C=O) groups is 1. The summed E-state index contributed by atoms with van der Waals surface area (Å²) in [7, 11) is 0. The van der Waals surface area contributed by atoms with Crippen LogP contribution in [0.1, 0.15) is 46.0 Å². The van der Waals surface area contributed by atoms with Crippen molar-refractivity contribution in [2.75, 3.05) is 0 Å². The zero-order chi connectivity index (χ0) is 16.6. The molecule has 128 valence electrons. The molecule has 0 spiro atoms. The number of carbonyl (C=O) groups excluding carboxylic acids is 1. The number of hydrogen-bond donors (Lipinski definition) is 2. The topological polar surface area (TPSA) is 57.5 Å². The Morgan fingerprint density at radius 2 is 1.91 bits per heavy atom. The lowest BCUT2D eigenvalue weighted by atomic mass is 9.45. The van der Waals surface area contributed by atoms with Gasteiger partial charge in [-0.2, -0.15) is 0 Å². The number of ketones is 1. The molecule has 3 saturated carbocycles. The standard InChI is InChI=1S/C19H27BrO3/c1-18-5-3-11(21)7-10(18)8-15(22)16-12(18)4-6-19(2)13(16)9-14(20)17(19)23/h3,5,10-16,21-22H,4,6-9H2,1-2H3/t10?,11-,12-,13-,14+,15+,16+,18-,19-/m0/s1. The lowest BCUT2D eigenvalue weighted by Gasteiger charge is -2.59. The predicted molar refractivity (Wildman–Crippen MR) is 92.1 cm³/mol. The van der Waals surface area contributed by atoms with Crippen LogP contribution < -0.4 is 0 Å². The summed E-state index contributed by atoms with van der Waals surface area (Å²) in [5, 5.41) is 20.9. The first-order valence-corrected chi connectivity index (χ1v) is 9.93. The number of alkyl halides is 1. The molecular weight excluding hydrogens is 356 g/mol. The number of fused-ring (bicyclic) bond motifs is 5. The highest BCUT2D eigenvalue weighted by atomic mass is 79.9. The summed E-state index contributed by atoms with van der Waals surface area (Å²) >= 11 is 3.58. The van der Waals surface area contributed by atoms with E-state index in [-0.39, 0.29) is 39.7 Å². The Morgan fingerprint density at radius 1 is 1.17 bits per heavy atom. The van der Waals surface area contributed by atoms with Gasteiger partial charge in [-0.1, -0.05) is 41.9 Å². The molecule has 3 fully saturated rings. The van der Waals surface area contributed by atoms with Gasteiger partial charge in [0.15, 0.2) is 5.78 Å². The molecule has 0 radical (unpaired) electrons. The minimum atomic E-state index is -0.370. The van der Waals surface area contributed by atoms with Crippen LogP contribution in [0.5, 0.6) is 0 Å². The van der Waals surface area contributed by atoms with Crippen LogP contribution in [0.2, 0.25) is 0 Å². The molecule has 0 bridgehead atoms. The predicted octanol–water partition coefficient (Wildman–Crippen LogP) is 3.08. The number of aliphatic hydroxyl groups is 2. The van der Waals surface area contributed by atoms with Crippen molar-refractivity contribution < 1.29 is 15.0 Å². The Bertz CT molecular complexity index is 561. The third kappa shape index (κ3) is 2.10. The average Bonchev–Trinajstić information content (AvgIpc) is 2.73. The van der Waals surface area contributed by atoms with Crippen molar-refractivity contribution in [2.45, 2.75) is 63.0 Å². The van der Waals surface area contributed by atoms with Crippen molar-refractivity contribution in [1.29, 1.82) is 0 Å². The summed E-state index contributed by atoms with van der Waals surface area (Å²) in [6.45, 7) is 4.44. The molecular formula is C19H27BrO3. The zero-order valence-electron chi connectivity index (χ0n) is 13.9. The van der Waals surface area contributed by atoms with Crippen LogP contribution in [-0.4, -0.2) is 33.0 Å². The molecule has 9 atom stereocenters. The van der Waals surface area contributed by atoms with Crippen LogP contribution in [0.15, 0.2) is 12.2 Å². The molecule has 0 aromatic rings. The molecule has 0 amide bonds. The minimum absolute atomic E-state index is 0.0438. The molecule has 0 aromatic carbocycles. The van der Waals surface area contributed by atoms with Crippen molar-refractivity contribution in [1.82, 2.24) is 0 Å². The SMILES string of the molecule is C[C@]12C=C[C@H](O)CC1C[C@@H](O)[C@@H]1[C@@H]2CC[C@]2(C)C(=O)[C@H](Br)C[C@@H]12. The molecule has 0 aliphatic heterocycles. The van der Waals surface area contributed by atoms with Gasteiger partial charge in [0.05, 0.1) is 17.0 Å². The van der Waals surface area contributed by atoms with E-state index in [1.807, 2.05) is 6.08 Å². The Hall–Kier alpha value is -0.190. The maximum Gasteiger partial charge on any atom is 0.152 e. The first-order chi connectivity index (χ1) is 10.8. The third-order valence-corrected chi connectivity index (χ3v) is 8.67. The smallest absolute Gasteiger partial charge is 0.152 e. The number of Topliss-reactive ketones (excluding diaryl/α,β-unsaturated/α-hetero) is 1. The summed E-state index contributed by atoms with van der Waals surface area (Å²) in [5.74, 6) is 1.60. The number of hydrogen-bond acceptors (Lipinski definition) is 3. The molecule has 4 heteroatoms. The largest absolute Gasteiger partial charge is 0.393 e. The lowest BCUT2D eigenvalue weighted by Crippen LogP contribution is -2.57. The average molecular weight is 383 g/mol. The summed E-state index contributed by atoms with van der Waals surface area (Å²) in [6, 6.07) is 0. The first-order valence-electron chi connectivity index (χ1n) is 9.01. The van der Waals surface area contributed by atoms with E-state index >= 15 is 0 Å². The third-order valence-electron chi connectivity index (χ3n) is 7.88. The molecule has 1 unspecified atom stereocenters. The van der Waals surface area contributed by atoms with Gasteiger partial charge in [-0.05, 0) is 61.2 Å². The van der Waals surface area contributed by atoms with E-state index < -0.39 is 0 Å². The summed E-state index contributed by atoms with van der Waals surface area (Å²) < 4.78 is 0.